The molecule has 3 aromatic rings. The first kappa shape index (κ1) is 24.2. The quantitative estimate of drug-likeness (QED) is 0.255. The maximum absolute atomic E-state index is 13.2. The van der Waals surface area contributed by atoms with E-state index in [1.165, 1.54) is 38.5 Å². The highest BCUT2D eigenvalue weighted by Gasteiger charge is 2.51. The Labute approximate surface area is 219 Å². The van der Waals surface area contributed by atoms with Crippen LogP contribution in [-0.4, -0.2) is 29.1 Å². The highest BCUT2D eigenvalue weighted by Crippen LogP contribution is 2.61. The van der Waals surface area contributed by atoms with Gasteiger partial charge in [-0.1, -0.05) is 24.3 Å². The molecule has 37 heavy (non-hydrogen) atoms. The maximum Gasteiger partial charge on any atom is 0.224 e. The van der Waals surface area contributed by atoms with Gasteiger partial charge >= 0.3 is 0 Å². The smallest absolute Gasteiger partial charge is 0.224 e. The van der Waals surface area contributed by atoms with Crippen molar-refractivity contribution in [3.8, 4) is 5.75 Å². The molecule has 0 radical (unpaired) electrons. The van der Waals surface area contributed by atoms with Gasteiger partial charge in [-0.25, -0.2) is 4.98 Å². The van der Waals surface area contributed by atoms with Crippen molar-refractivity contribution in [2.24, 2.45) is 23.2 Å². The van der Waals surface area contributed by atoms with Crippen molar-refractivity contribution in [3.05, 3.63) is 60.2 Å². The number of aromatic nitrogens is 1. The van der Waals surface area contributed by atoms with Gasteiger partial charge in [-0.2, -0.15) is 0 Å². The van der Waals surface area contributed by atoms with Gasteiger partial charge in [0.2, 0.25) is 5.91 Å². The molecular weight excluding hydrogens is 460 g/mol. The molecule has 0 saturated heterocycles. The fourth-order valence-corrected chi connectivity index (χ4v) is 7.72. The monoisotopic (exact) mass is 498 g/mol. The second-order valence-corrected chi connectivity index (χ2v) is 11.8. The van der Waals surface area contributed by atoms with Crippen molar-refractivity contribution in [2.75, 3.05) is 23.7 Å². The number of benzene rings is 2. The molecule has 2 aromatic carbocycles. The number of pyridine rings is 1. The molecule has 194 valence electrons. The number of aromatic hydroxyl groups is 1. The number of carbonyl (C=O) groups is 1. The zero-order chi connectivity index (χ0) is 25.2. The summed E-state index contributed by atoms with van der Waals surface area (Å²) in [7, 11) is 0. The van der Waals surface area contributed by atoms with Crippen LogP contribution in [0.25, 0.3) is 10.9 Å². The molecular formula is C31H38N4O2. The Morgan fingerprint density at radius 1 is 0.919 bits per heavy atom. The molecule has 4 aliphatic carbocycles. The van der Waals surface area contributed by atoms with Crippen LogP contribution in [0.4, 0.5) is 11.5 Å². The van der Waals surface area contributed by atoms with E-state index in [1.54, 1.807) is 6.07 Å². The Kier molecular flexibility index (Phi) is 6.76. The molecule has 0 atom stereocenters. The predicted octanol–water partition coefficient (Wildman–Crippen LogP) is 6.08. The number of carbonyl (C=O) groups excluding carboxylic acids is 1. The SMILES string of the molecule is O=C(CC12CC3CC(CC(C3)C1)C2)Nc1cccc2nc(NCCCNCc3ccccc3O)ccc12. The molecule has 4 bridgehead atoms. The lowest BCUT2D eigenvalue weighted by Crippen LogP contribution is -2.47. The average molecular weight is 499 g/mol. The van der Waals surface area contributed by atoms with E-state index >= 15 is 0 Å². The van der Waals surface area contributed by atoms with Gasteiger partial charge < -0.3 is 21.1 Å². The van der Waals surface area contributed by atoms with E-state index in [9.17, 15) is 9.90 Å². The standard InChI is InChI=1S/C31H38N4O2/c36-28-8-2-1-5-24(28)20-32-11-4-12-33-29-10-9-25-26(34-29)6-3-7-27(25)35-30(37)19-31-16-21-13-22(17-31)15-23(14-21)18-31/h1-3,5-10,21-23,32,36H,4,11-20H2,(H,33,34)(H,35,37). The highest BCUT2D eigenvalue weighted by molar-refractivity contribution is 6.01. The van der Waals surface area contributed by atoms with Gasteiger partial charge in [0.25, 0.3) is 0 Å². The van der Waals surface area contributed by atoms with Crippen LogP contribution in [-0.2, 0) is 11.3 Å². The van der Waals surface area contributed by atoms with E-state index < -0.39 is 0 Å². The molecule has 4 fully saturated rings. The van der Waals surface area contributed by atoms with Crippen LogP contribution in [0, 0.1) is 23.2 Å². The molecule has 0 aliphatic heterocycles. The summed E-state index contributed by atoms with van der Waals surface area (Å²) in [6.45, 7) is 2.29. The van der Waals surface area contributed by atoms with Crippen molar-refractivity contribution in [1.82, 2.24) is 10.3 Å². The van der Waals surface area contributed by atoms with Crippen LogP contribution >= 0.6 is 0 Å². The number of para-hydroxylation sites is 1. The summed E-state index contributed by atoms with van der Waals surface area (Å²) in [5.41, 5.74) is 2.90. The zero-order valence-electron chi connectivity index (χ0n) is 21.5. The molecule has 4 saturated carbocycles. The summed E-state index contributed by atoms with van der Waals surface area (Å²) in [6.07, 6.45) is 9.57. The lowest BCUT2D eigenvalue weighted by molar-refractivity contribution is -0.124. The molecule has 7 rings (SSSR count). The zero-order valence-corrected chi connectivity index (χ0v) is 21.5. The fraction of sp³-hybridized carbons (Fsp3) is 0.484. The molecule has 1 heterocycles. The number of hydrogen-bond acceptors (Lipinski definition) is 5. The van der Waals surface area contributed by atoms with Gasteiger partial charge in [0, 0.05) is 30.5 Å². The van der Waals surface area contributed by atoms with E-state index in [1.807, 2.05) is 42.5 Å². The lowest BCUT2D eigenvalue weighted by Gasteiger charge is -2.56. The summed E-state index contributed by atoms with van der Waals surface area (Å²) < 4.78 is 0. The largest absolute Gasteiger partial charge is 0.508 e. The normalized spacial score (nSPS) is 25.9. The Hall–Kier alpha value is -3.12. The molecule has 4 aliphatic rings. The fourth-order valence-electron chi connectivity index (χ4n) is 7.72. The van der Waals surface area contributed by atoms with E-state index in [0.29, 0.717) is 18.7 Å². The third kappa shape index (κ3) is 5.45. The second-order valence-electron chi connectivity index (χ2n) is 11.8. The predicted molar refractivity (Wildman–Crippen MR) is 149 cm³/mol. The number of rotatable bonds is 10. The maximum atomic E-state index is 13.2. The van der Waals surface area contributed by atoms with Crippen molar-refractivity contribution in [1.29, 1.82) is 0 Å². The second kappa shape index (κ2) is 10.3. The number of fused-ring (bicyclic) bond motifs is 1. The van der Waals surface area contributed by atoms with Gasteiger partial charge in [-0.05, 0) is 105 Å². The van der Waals surface area contributed by atoms with Gasteiger partial charge in [0.1, 0.15) is 11.6 Å². The van der Waals surface area contributed by atoms with Crippen molar-refractivity contribution >= 4 is 28.3 Å². The first-order valence-corrected chi connectivity index (χ1v) is 14.0. The first-order chi connectivity index (χ1) is 18.1. The number of anilines is 2. The minimum atomic E-state index is 0.160. The van der Waals surface area contributed by atoms with Crippen LogP contribution in [0.1, 0.15) is 56.9 Å². The molecule has 1 aromatic heterocycles. The van der Waals surface area contributed by atoms with Crippen LogP contribution < -0.4 is 16.0 Å². The van der Waals surface area contributed by atoms with E-state index in [0.717, 1.165) is 65.2 Å². The Morgan fingerprint density at radius 2 is 1.68 bits per heavy atom. The number of amides is 1. The van der Waals surface area contributed by atoms with E-state index in [-0.39, 0.29) is 11.3 Å². The summed E-state index contributed by atoms with van der Waals surface area (Å²) >= 11 is 0. The number of nitrogens with one attached hydrogen (secondary N) is 3. The Balaban J connectivity index is 1.01. The van der Waals surface area contributed by atoms with Crippen molar-refractivity contribution < 1.29 is 9.90 Å². The van der Waals surface area contributed by atoms with Crippen molar-refractivity contribution in [3.63, 3.8) is 0 Å². The van der Waals surface area contributed by atoms with Gasteiger partial charge in [0.05, 0.1) is 11.2 Å². The minimum Gasteiger partial charge on any atom is -0.508 e. The van der Waals surface area contributed by atoms with Crippen LogP contribution in [0.3, 0.4) is 0 Å². The first-order valence-electron chi connectivity index (χ1n) is 14.0. The summed E-state index contributed by atoms with van der Waals surface area (Å²) in [5.74, 6) is 3.91. The van der Waals surface area contributed by atoms with Gasteiger partial charge in [0.15, 0.2) is 0 Å². The summed E-state index contributed by atoms with van der Waals surface area (Å²) in [4.78, 5) is 18.0. The molecule has 1 amide bonds. The van der Waals surface area contributed by atoms with Crippen molar-refractivity contribution in [2.45, 2.75) is 57.9 Å². The average Bonchev–Trinajstić information content (AvgIpc) is 2.86. The number of hydrogen-bond donors (Lipinski definition) is 4. The summed E-state index contributed by atoms with van der Waals surface area (Å²) in [6, 6.07) is 17.4. The molecule has 0 spiro atoms. The number of phenolic OH excluding ortho intramolecular Hbond substituents is 1. The van der Waals surface area contributed by atoms with Crippen LogP contribution in [0.15, 0.2) is 54.6 Å². The van der Waals surface area contributed by atoms with Gasteiger partial charge in [-0.3, -0.25) is 4.79 Å². The third-order valence-electron chi connectivity index (χ3n) is 8.85. The van der Waals surface area contributed by atoms with Crippen LogP contribution in [0.5, 0.6) is 5.75 Å². The number of phenols is 1. The third-order valence-corrected chi connectivity index (χ3v) is 8.85. The lowest BCUT2D eigenvalue weighted by atomic mass is 9.49. The minimum absolute atomic E-state index is 0.160. The topological polar surface area (TPSA) is 86.3 Å². The number of nitrogens with zero attached hydrogens (tertiary/aromatic N) is 1. The molecule has 4 N–H and O–H groups in total. The Morgan fingerprint density at radius 3 is 2.43 bits per heavy atom. The Bertz CT molecular complexity index is 1240. The van der Waals surface area contributed by atoms with E-state index in [2.05, 4.69) is 22.0 Å². The molecule has 6 heteroatoms. The summed E-state index contributed by atoms with van der Waals surface area (Å²) in [5, 5.41) is 20.8. The highest BCUT2D eigenvalue weighted by atomic mass is 16.3. The van der Waals surface area contributed by atoms with E-state index in [4.69, 9.17) is 4.98 Å². The van der Waals surface area contributed by atoms with Crippen LogP contribution in [0.2, 0.25) is 0 Å². The molecule has 6 nitrogen and oxygen atoms in total. The molecule has 0 unspecified atom stereocenters. The van der Waals surface area contributed by atoms with Gasteiger partial charge in [-0.15, -0.1) is 0 Å².